The van der Waals surface area contributed by atoms with Gasteiger partial charge in [0, 0.05) is 12.4 Å². The smallest absolute Gasteiger partial charge is 0.418 e. The molecule has 0 radical (unpaired) electrons. The Morgan fingerprint density at radius 1 is 1.30 bits per heavy atom. The Morgan fingerprint density at radius 3 is 2.70 bits per heavy atom. The molecule has 1 N–H and O–H groups in total. The Bertz CT molecular complexity index is 1030. The fourth-order valence-electron chi connectivity index (χ4n) is 2.63. The first-order valence-electron chi connectivity index (χ1n) is 9.05. The number of aromatic nitrogens is 3. The van der Waals surface area contributed by atoms with E-state index in [1.165, 1.54) is 24.7 Å². The summed E-state index contributed by atoms with van der Waals surface area (Å²) in [6, 6.07) is 2.57. The average molecular weight is 440 g/mol. The maximum atomic E-state index is 13.2. The molecule has 0 aliphatic rings. The van der Waals surface area contributed by atoms with Crippen LogP contribution in [0.5, 0.6) is 0 Å². The SMILES string of the molecule is CC(C)COC(=O)[C@H](Cn1ccnc1)NC(=O)c1nc2c(C(F)(F)F)cccc2s1. The summed E-state index contributed by atoms with van der Waals surface area (Å²) in [4.78, 5) is 32.9. The van der Waals surface area contributed by atoms with Gasteiger partial charge in [0.05, 0.1) is 35.3 Å². The zero-order chi connectivity index (χ0) is 21.9. The largest absolute Gasteiger partial charge is 0.464 e. The Morgan fingerprint density at radius 2 is 2.07 bits per heavy atom. The Hall–Kier alpha value is -2.95. The van der Waals surface area contributed by atoms with E-state index in [1.807, 2.05) is 13.8 Å². The topological polar surface area (TPSA) is 86.1 Å². The quantitative estimate of drug-likeness (QED) is 0.569. The van der Waals surface area contributed by atoms with E-state index in [2.05, 4.69) is 15.3 Å². The molecule has 0 spiro atoms. The second kappa shape index (κ2) is 8.82. The molecule has 0 fully saturated rings. The molecule has 3 aromatic rings. The highest BCUT2D eigenvalue weighted by atomic mass is 32.1. The van der Waals surface area contributed by atoms with Crippen molar-refractivity contribution in [1.82, 2.24) is 19.9 Å². The van der Waals surface area contributed by atoms with Crippen LogP contribution >= 0.6 is 11.3 Å². The number of halogens is 3. The van der Waals surface area contributed by atoms with Crippen LogP contribution < -0.4 is 5.32 Å². The standard InChI is InChI=1S/C19H19F3N4O3S/c1-11(2)9-29-18(28)13(8-26-7-6-23-10-26)24-16(27)17-25-15-12(19(20,21)22)4-3-5-14(15)30-17/h3-7,10-11,13H,8-9H2,1-2H3,(H,24,27)/t13-/m0/s1. The van der Waals surface area contributed by atoms with E-state index >= 15 is 0 Å². The van der Waals surface area contributed by atoms with E-state index < -0.39 is 29.7 Å². The van der Waals surface area contributed by atoms with Crippen LogP contribution in [0.15, 0.2) is 36.9 Å². The number of nitrogens with one attached hydrogen (secondary N) is 1. The number of imidazole rings is 1. The predicted molar refractivity (Wildman–Crippen MR) is 104 cm³/mol. The second-order valence-corrected chi connectivity index (χ2v) is 8.01. The number of fused-ring (bicyclic) bond motifs is 1. The fourth-order valence-corrected chi connectivity index (χ4v) is 3.52. The number of hydrogen-bond donors (Lipinski definition) is 1. The molecule has 0 saturated carbocycles. The third-order valence-electron chi connectivity index (χ3n) is 4.02. The van der Waals surface area contributed by atoms with Gasteiger partial charge in [0.15, 0.2) is 5.01 Å². The number of hydrogen-bond acceptors (Lipinski definition) is 6. The van der Waals surface area contributed by atoms with Gasteiger partial charge in [-0.1, -0.05) is 19.9 Å². The van der Waals surface area contributed by atoms with Gasteiger partial charge in [0.25, 0.3) is 5.91 Å². The minimum Gasteiger partial charge on any atom is -0.464 e. The summed E-state index contributed by atoms with van der Waals surface area (Å²) in [6.07, 6.45) is 0.0147. The van der Waals surface area contributed by atoms with Crippen molar-refractivity contribution in [3.05, 3.63) is 47.5 Å². The predicted octanol–water partition coefficient (Wildman–Crippen LogP) is 3.51. The number of carbonyl (C=O) groups is 2. The van der Waals surface area contributed by atoms with Crippen molar-refractivity contribution in [2.75, 3.05) is 6.61 Å². The van der Waals surface area contributed by atoms with Crippen molar-refractivity contribution in [3.63, 3.8) is 0 Å². The van der Waals surface area contributed by atoms with Crippen molar-refractivity contribution < 1.29 is 27.5 Å². The molecule has 0 aliphatic carbocycles. The van der Waals surface area contributed by atoms with Gasteiger partial charge in [-0.05, 0) is 18.1 Å². The third kappa shape index (κ3) is 5.15. The van der Waals surface area contributed by atoms with Crippen LogP contribution in [0.1, 0.15) is 29.2 Å². The molecule has 2 heterocycles. The lowest BCUT2D eigenvalue weighted by Gasteiger charge is -2.18. The highest BCUT2D eigenvalue weighted by molar-refractivity contribution is 7.20. The molecule has 0 unspecified atom stereocenters. The molecule has 1 aromatic carbocycles. The van der Waals surface area contributed by atoms with Crippen LogP contribution in [0.2, 0.25) is 0 Å². The number of benzene rings is 1. The summed E-state index contributed by atoms with van der Waals surface area (Å²) in [7, 11) is 0. The average Bonchev–Trinajstić information content (AvgIpc) is 3.33. The van der Waals surface area contributed by atoms with Gasteiger partial charge >= 0.3 is 12.1 Å². The van der Waals surface area contributed by atoms with Crippen LogP contribution in [0.4, 0.5) is 13.2 Å². The van der Waals surface area contributed by atoms with Crippen molar-refractivity contribution in [3.8, 4) is 0 Å². The van der Waals surface area contributed by atoms with Gasteiger partial charge in [-0.15, -0.1) is 11.3 Å². The maximum Gasteiger partial charge on any atom is 0.418 e. The van der Waals surface area contributed by atoms with Gasteiger partial charge < -0.3 is 14.6 Å². The number of ether oxygens (including phenoxy) is 1. The molecule has 30 heavy (non-hydrogen) atoms. The summed E-state index contributed by atoms with van der Waals surface area (Å²) in [5, 5.41) is 2.35. The first-order valence-corrected chi connectivity index (χ1v) is 9.86. The first kappa shape index (κ1) is 21.8. The number of nitrogens with zero attached hydrogens (tertiary/aromatic N) is 3. The summed E-state index contributed by atoms with van der Waals surface area (Å²) < 4.78 is 46.6. The second-order valence-electron chi connectivity index (χ2n) is 6.98. The molecular weight excluding hydrogens is 421 g/mol. The number of rotatable bonds is 7. The summed E-state index contributed by atoms with van der Waals surface area (Å²) >= 11 is 0.821. The van der Waals surface area contributed by atoms with E-state index in [0.29, 0.717) is 0 Å². The van der Waals surface area contributed by atoms with E-state index in [0.717, 1.165) is 17.4 Å². The van der Waals surface area contributed by atoms with Gasteiger partial charge in [-0.25, -0.2) is 14.8 Å². The molecule has 160 valence electrons. The van der Waals surface area contributed by atoms with Crippen LogP contribution in [0.25, 0.3) is 10.2 Å². The third-order valence-corrected chi connectivity index (χ3v) is 5.04. The summed E-state index contributed by atoms with van der Waals surface area (Å²) in [5.41, 5.74) is -1.21. The number of thiazole rings is 1. The molecular formula is C19H19F3N4O3S. The molecule has 2 aromatic heterocycles. The summed E-state index contributed by atoms with van der Waals surface area (Å²) in [5.74, 6) is -1.30. The monoisotopic (exact) mass is 440 g/mol. The minimum absolute atomic E-state index is 0.0569. The normalized spacial score (nSPS) is 12.9. The van der Waals surface area contributed by atoms with Crippen LogP contribution in [0.3, 0.4) is 0 Å². The van der Waals surface area contributed by atoms with Crippen molar-refractivity contribution in [2.45, 2.75) is 32.6 Å². The molecule has 0 aliphatic heterocycles. The molecule has 0 saturated heterocycles. The number of alkyl halides is 3. The van der Waals surface area contributed by atoms with Crippen LogP contribution in [-0.2, 0) is 22.3 Å². The Kier molecular flexibility index (Phi) is 6.40. The lowest BCUT2D eigenvalue weighted by molar-refractivity contribution is -0.147. The van der Waals surface area contributed by atoms with E-state index in [9.17, 15) is 22.8 Å². The molecule has 0 bridgehead atoms. The fraction of sp³-hybridized carbons (Fsp3) is 0.368. The number of amides is 1. The molecule has 7 nitrogen and oxygen atoms in total. The first-order chi connectivity index (χ1) is 14.1. The van der Waals surface area contributed by atoms with Gasteiger partial charge in [-0.2, -0.15) is 13.2 Å². The summed E-state index contributed by atoms with van der Waals surface area (Å²) in [6.45, 7) is 3.97. The van der Waals surface area contributed by atoms with Crippen molar-refractivity contribution in [2.24, 2.45) is 5.92 Å². The van der Waals surface area contributed by atoms with E-state index in [-0.39, 0.29) is 34.3 Å². The van der Waals surface area contributed by atoms with Crippen molar-refractivity contribution >= 4 is 33.4 Å². The highest BCUT2D eigenvalue weighted by Gasteiger charge is 2.34. The van der Waals surface area contributed by atoms with Gasteiger partial charge in [0.1, 0.15) is 6.04 Å². The maximum absolute atomic E-state index is 13.2. The number of esters is 1. The number of carbonyl (C=O) groups excluding carboxylic acids is 2. The lowest BCUT2D eigenvalue weighted by atomic mass is 10.2. The van der Waals surface area contributed by atoms with Gasteiger partial charge in [-0.3, -0.25) is 4.79 Å². The molecule has 11 heteroatoms. The molecule has 1 atom stereocenters. The van der Waals surface area contributed by atoms with Crippen LogP contribution in [0, 0.1) is 5.92 Å². The Labute approximate surface area is 173 Å². The van der Waals surface area contributed by atoms with Gasteiger partial charge in [0.2, 0.25) is 0 Å². The Balaban J connectivity index is 1.83. The highest BCUT2D eigenvalue weighted by Crippen LogP contribution is 2.36. The van der Waals surface area contributed by atoms with E-state index in [4.69, 9.17) is 4.74 Å². The number of para-hydroxylation sites is 1. The zero-order valence-corrected chi connectivity index (χ0v) is 17.0. The minimum atomic E-state index is -4.59. The molecule has 3 rings (SSSR count). The van der Waals surface area contributed by atoms with Crippen LogP contribution in [-0.4, -0.2) is 39.1 Å². The lowest BCUT2D eigenvalue weighted by Crippen LogP contribution is -2.44. The van der Waals surface area contributed by atoms with E-state index in [1.54, 1.807) is 10.8 Å². The van der Waals surface area contributed by atoms with Crippen molar-refractivity contribution in [1.29, 1.82) is 0 Å². The molecule has 1 amide bonds. The zero-order valence-electron chi connectivity index (χ0n) is 16.1.